The first-order chi connectivity index (χ1) is 19.6. The van der Waals surface area contributed by atoms with Gasteiger partial charge in [0, 0.05) is 27.6 Å². The van der Waals surface area contributed by atoms with Crippen LogP contribution >= 0.6 is 11.3 Å². The van der Waals surface area contributed by atoms with Crippen LogP contribution in [0.25, 0.3) is 32.6 Å². The van der Waals surface area contributed by atoms with Crippen LogP contribution in [0.4, 0.5) is 32.2 Å². The standard InChI is InChI=1S/C29H19F6N5S/c30-28(31,32)19-10-8-17(9-11-19)14-40-16-37-24-26(36-13-18-4-3-5-20(12-18)29(33,34)35)38-25(39-27(24)40)22-15-41-23-7-2-1-6-21(22)23/h1-12,15-16H,13-14H2,(H,36,38,39). The van der Waals surface area contributed by atoms with Gasteiger partial charge in [-0.05, 0) is 41.5 Å². The highest BCUT2D eigenvalue weighted by Gasteiger charge is 2.31. The summed E-state index contributed by atoms with van der Waals surface area (Å²) < 4.78 is 81.5. The zero-order valence-corrected chi connectivity index (χ0v) is 21.8. The van der Waals surface area contributed by atoms with Gasteiger partial charge in [0.25, 0.3) is 0 Å². The van der Waals surface area contributed by atoms with Crippen LogP contribution in [0.3, 0.4) is 0 Å². The molecule has 0 aliphatic heterocycles. The van der Waals surface area contributed by atoms with Crippen molar-refractivity contribution in [3.63, 3.8) is 0 Å². The van der Waals surface area contributed by atoms with Crippen LogP contribution in [0.2, 0.25) is 0 Å². The number of nitrogens with one attached hydrogen (secondary N) is 1. The van der Waals surface area contributed by atoms with Crippen molar-refractivity contribution >= 4 is 38.4 Å². The Balaban J connectivity index is 1.40. The number of hydrogen-bond donors (Lipinski definition) is 1. The van der Waals surface area contributed by atoms with Crippen LogP contribution in [0, 0.1) is 0 Å². The van der Waals surface area contributed by atoms with Crippen molar-refractivity contribution in [2.75, 3.05) is 5.32 Å². The average Bonchev–Trinajstić information content (AvgIpc) is 3.56. The molecule has 5 nitrogen and oxygen atoms in total. The molecule has 0 aliphatic rings. The van der Waals surface area contributed by atoms with E-state index < -0.39 is 23.5 Å². The Kier molecular flexibility index (Phi) is 6.65. The fourth-order valence-electron chi connectivity index (χ4n) is 4.49. The summed E-state index contributed by atoms with van der Waals surface area (Å²) in [6.07, 6.45) is -7.39. The summed E-state index contributed by atoms with van der Waals surface area (Å²) in [7, 11) is 0. The minimum absolute atomic E-state index is 0.0472. The predicted octanol–water partition coefficient (Wildman–Crippen LogP) is 8.41. The SMILES string of the molecule is FC(F)(F)c1ccc(Cn2cnc3c(NCc4cccc(C(F)(F)F)c4)nc(-c4csc5ccccc45)nc32)cc1. The fraction of sp³-hybridized carbons (Fsp3) is 0.138. The largest absolute Gasteiger partial charge is 0.416 e. The molecule has 0 saturated carbocycles. The van der Waals surface area contributed by atoms with E-state index in [9.17, 15) is 26.3 Å². The summed E-state index contributed by atoms with van der Waals surface area (Å²) in [5.74, 6) is 0.708. The normalized spacial score (nSPS) is 12.3. The van der Waals surface area contributed by atoms with Crippen molar-refractivity contribution in [3.8, 4) is 11.4 Å². The molecule has 0 bridgehead atoms. The topological polar surface area (TPSA) is 55.6 Å². The van der Waals surface area contributed by atoms with Gasteiger partial charge in [-0.2, -0.15) is 26.3 Å². The highest BCUT2D eigenvalue weighted by molar-refractivity contribution is 7.17. The number of rotatable bonds is 6. The molecule has 6 rings (SSSR count). The van der Waals surface area contributed by atoms with Gasteiger partial charge in [0.15, 0.2) is 17.3 Å². The van der Waals surface area contributed by atoms with Crippen molar-refractivity contribution < 1.29 is 26.3 Å². The molecular formula is C29H19F6N5S. The lowest BCUT2D eigenvalue weighted by Crippen LogP contribution is -2.08. The summed E-state index contributed by atoms with van der Waals surface area (Å²) in [4.78, 5) is 13.9. The molecule has 0 unspecified atom stereocenters. The van der Waals surface area contributed by atoms with Crippen molar-refractivity contribution in [1.29, 1.82) is 0 Å². The quantitative estimate of drug-likeness (QED) is 0.200. The van der Waals surface area contributed by atoms with E-state index in [1.165, 1.54) is 35.9 Å². The molecular weight excluding hydrogens is 564 g/mol. The second kappa shape index (κ2) is 10.2. The van der Waals surface area contributed by atoms with E-state index in [-0.39, 0.29) is 13.1 Å². The number of nitrogens with zero attached hydrogens (tertiary/aromatic N) is 4. The van der Waals surface area contributed by atoms with E-state index in [4.69, 9.17) is 9.97 Å². The molecule has 0 atom stereocenters. The number of fused-ring (bicyclic) bond motifs is 2. The number of alkyl halides is 6. The number of hydrogen-bond acceptors (Lipinski definition) is 5. The van der Waals surface area contributed by atoms with Crippen molar-refractivity contribution in [1.82, 2.24) is 19.5 Å². The first kappa shape index (κ1) is 26.8. The van der Waals surface area contributed by atoms with Gasteiger partial charge < -0.3 is 9.88 Å². The van der Waals surface area contributed by atoms with Crippen LogP contribution in [0.1, 0.15) is 22.3 Å². The van der Waals surface area contributed by atoms with Gasteiger partial charge in [0.2, 0.25) is 0 Å². The minimum atomic E-state index is -4.47. The molecule has 208 valence electrons. The van der Waals surface area contributed by atoms with Crippen LogP contribution in [0.5, 0.6) is 0 Å². The van der Waals surface area contributed by atoms with Gasteiger partial charge in [0.1, 0.15) is 5.52 Å². The molecule has 3 heterocycles. The Hall–Kier alpha value is -4.45. The third-order valence-electron chi connectivity index (χ3n) is 6.53. The molecule has 1 N–H and O–H groups in total. The van der Waals surface area contributed by atoms with Gasteiger partial charge >= 0.3 is 12.4 Å². The van der Waals surface area contributed by atoms with E-state index >= 15 is 0 Å². The van der Waals surface area contributed by atoms with Gasteiger partial charge in [-0.1, -0.05) is 42.5 Å². The molecule has 41 heavy (non-hydrogen) atoms. The Bertz CT molecular complexity index is 1850. The maximum Gasteiger partial charge on any atom is 0.416 e. The summed E-state index contributed by atoms with van der Waals surface area (Å²) >= 11 is 1.53. The van der Waals surface area contributed by atoms with Crippen molar-refractivity contribution in [2.24, 2.45) is 0 Å². The van der Waals surface area contributed by atoms with Gasteiger partial charge in [-0.15, -0.1) is 11.3 Å². The molecule has 3 aromatic carbocycles. The zero-order valence-electron chi connectivity index (χ0n) is 21.0. The maximum absolute atomic E-state index is 13.2. The second-order valence-corrected chi connectivity index (χ2v) is 10.2. The molecule has 12 heteroatoms. The third kappa shape index (κ3) is 5.47. The summed E-state index contributed by atoms with van der Waals surface area (Å²) in [6.45, 7) is 0.244. The minimum Gasteiger partial charge on any atom is -0.364 e. The van der Waals surface area contributed by atoms with Crippen LogP contribution < -0.4 is 5.32 Å². The first-order valence-electron chi connectivity index (χ1n) is 12.3. The molecule has 0 amide bonds. The van der Waals surface area contributed by atoms with Crippen LogP contribution in [-0.2, 0) is 25.4 Å². The van der Waals surface area contributed by atoms with Crippen molar-refractivity contribution in [2.45, 2.75) is 25.4 Å². The van der Waals surface area contributed by atoms with Gasteiger partial charge in [-0.3, -0.25) is 0 Å². The Morgan fingerprint density at radius 2 is 1.54 bits per heavy atom. The molecule has 0 fully saturated rings. The third-order valence-corrected chi connectivity index (χ3v) is 7.50. The lowest BCUT2D eigenvalue weighted by atomic mass is 10.1. The Morgan fingerprint density at radius 3 is 2.29 bits per heavy atom. The lowest BCUT2D eigenvalue weighted by molar-refractivity contribution is -0.138. The lowest BCUT2D eigenvalue weighted by Gasteiger charge is -2.12. The van der Waals surface area contributed by atoms with Crippen LogP contribution in [0.15, 0.2) is 84.5 Å². The molecule has 0 spiro atoms. The average molecular weight is 584 g/mol. The number of anilines is 1. The van der Waals surface area contributed by atoms with Crippen molar-refractivity contribution in [3.05, 3.63) is 107 Å². The predicted molar refractivity (Wildman–Crippen MR) is 145 cm³/mol. The first-order valence-corrected chi connectivity index (χ1v) is 13.2. The van der Waals surface area contributed by atoms with E-state index in [2.05, 4.69) is 10.3 Å². The fourth-order valence-corrected chi connectivity index (χ4v) is 5.43. The van der Waals surface area contributed by atoms with E-state index in [1.807, 2.05) is 29.6 Å². The number of aromatic nitrogens is 4. The highest BCUT2D eigenvalue weighted by Crippen LogP contribution is 2.35. The molecule has 3 aromatic heterocycles. The number of benzene rings is 3. The van der Waals surface area contributed by atoms with E-state index in [1.54, 1.807) is 10.6 Å². The maximum atomic E-state index is 13.2. The molecule has 0 radical (unpaired) electrons. The van der Waals surface area contributed by atoms with Gasteiger partial charge in [-0.25, -0.2) is 15.0 Å². The molecule has 0 aliphatic carbocycles. The Labute approximate surface area is 233 Å². The zero-order chi connectivity index (χ0) is 28.8. The summed E-state index contributed by atoms with van der Waals surface area (Å²) in [6, 6.07) is 17.6. The number of thiophene rings is 1. The smallest absolute Gasteiger partial charge is 0.364 e. The summed E-state index contributed by atoms with van der Waals surface area (Å²) in [5, 5.41) is 5.99. The number of halogens is 6. The monoisotopic (exact) mass is 583 g/mol. The number of imidazole rings is 1. The summed E-state index contributed by atoms with van der Waals surface area (Å²) in [5.41, 5.74) is 1.10. The molecule has 6 aromatic rings. The van der Waals surface area contributed by atoms with E-state index in [0.29, 0.717) is 33.9 Å². The van der Waals surface area contributed by atoms with Gasteiger partial charge in [0.05, 0.1) is 24.0 Å². The van der Waals surface area contributed by atoms with E-state index in [0.717, 1.165) is 39.9 Å². The highest BCUT2D eigenvalue weighted by atomic mass is 32.1. The molecule has 0 saturated heterocycles. The second-order valence-electron chi connectivity index (χ2n) is 9.33. The Morgan fingerprint density at radius 1 is 0.780 bits per heavy atom. The van der Waals surface area contributed by atoms with Crippen LogP contribution in [-0.4, -0.2) is 19.5 Å².